The number of carbonyl (C=O) groups excluding carboxylic acids is 1. The van der Waals surface area contributed by atoms with Crippen LogP contribution in [0.15, 0.2) is 42.6 Å². The Morgan fingerprint density at radius 3 is 3.05 bits per heavy atom. The Kier molecular flexibility index (Phi) is 4.05. The van der Waals surface area contributed by atoms with Gasteiger partial charge in [-0.3, -0.25) is 9.78 Å². The third-order valence-corrected chi connectivity index (χ3v) is 3.37. The minimum atomic E-state index is -0.164. The highest BCUT2D eigenvalue weighted by Crippen LogP contribution is 2.32. The third kappa shape index (κ3) is 3.25. The highest BCUT2D eigenvalue weighted by Gasteiger charge is 2.12. The molecule has 0 radical (unpaired) electrons. The number of benzene rings is 1. The lowest BCUT2D eigenvalue weighted by Gasteiger charge is -2.04. The Labute approximate surface area is 128 Å². The van der Waals surface area contributed by atoms with Crippen molar-refractivity contribution in [1.29, 1.82) is 0 Å². The average molecular weight is 296 g/mol. The van der Waals surface area contributed by atoms with Gasteiger partial charge in [0.1, 0.15) is 0 Å². The van der Waals surface area contributed by atoms with Crippen molar-refractivity contribution in [1.82, 2.24) is 10.3 Å². The standard InChI is InChI=1S/C17H16N2O3/c1-12-3-2-8-18-14(12)10-19-17(20)7-5-13-4-6-15-16(9-13)22-11-21-15/h2-9H,10-11H2,1H3,(H,19,20). The van der Waals surface area contributed by atoms with E-state index in [1.165, 1.54) is 6.08 Å². The van der Waals surface area contributed by atoms with Crippen molar-refractivity contribution in [2.45, 2.75) is 13.5 Å². The number of pyridine rings is 1. The van der Waals surface area contributed by atoms with E-state index >= 15 is 0 Å². The Morgan fingerprint density at radius 2 is 2.18 bits per heavy atom. The van der Waals surface area contributed by atoms with E-state index in [0.717, 1.165) is 22.6 Å². The van der Waals surface area contributed by atoms with Crippen LogP contribution < -0.4 is 14.8 Å². The number of rotatable bonds is 4. The first-order valence-electron chi connectivity index (χ1n) is 6.98. The van der Waals surface area contributed by atoms with Gasteiger partial charge in [-0.05, 0) is 42.3 Å². The van der Waals surface area contributed by atoms with E-state index in [1.807, 2.05) is 37.3 Å². The van der Waals surface area contributed by atoms with E-state index in [1.54, 1.807) is 12.3 Å². The van der Waals surface area contributed by atoms with Gasteiger partial charge in [0.2, 0.25) is 12.7 Å². The Balaban J connectivity index is 1.58. The quantitative estimate of drug-likeness (QED) is 0.880. The number of nitrogens with zero attached hydrogens (tertiary/aromatic N) is 1. The second-order valence-corrected chi connectivity index (χ2v) is 4.93. The van der Waals surface area contributed by atoms with Crippen molar-refractivity contribution in [2.24, 2.45) is 0 Å². The van der Waals surface area contributed by atoms with Crippen LogP contribution in [0.1, 0.15) is 16.8 Å². The summed E-state index contributed by atoms with van der Waals surface area (Å²) in [5, 5.41) is 2.82. The zero-order valence-electron chi connectivity index (χ0n) is 12.2. The number of aryl methyl sites for hydroxylation is 1. The molecule has 2 heterocycles. The minimum Gasteiger partial charge on any atom is -0.454 e. The highest BCUT2D eigenvalue weighted by molar-refractivity contribution is 5.91. The summed E-state index contributed by atoms with van der Waals surface area (Å²) in [5.41, 5.74) is 2.81. The number of nitrogens with one attached hydrogen (secondary N) is 1. The Bertz CT molecular complexity index is 726. The highest BCUT2D eigenvalue weighted by atomic mass is 16.7. The van der Waals surface area contributed by atoms with Gasteiger partial charge in [-0.25, -0.2) is 0 Å². The predicted molar refractivity (Wildman–Crippen MR) is 82.4 cm³/mol. The van der Waals surface area contributed by atoms with Gasteiger partial charge in [0.25, 0.3) is 0 Å². The predicted octanol–water partition coefficient (Wildman–Crippen LogP) is 2.45. The molecular formula is C17H16N2O3. The lowest BCUT2D eigenvalue weighted by molar-refractivity contribution is -0.116. The molecule has 0 fully saturated rings. The van der Waals surface area contributed by atoms with Crippen molar-refractivity contribution in [3.63, 3.8) is 0 Å². The van der Waals surface area contributed by atoms with Crippen LogP contribution in [0.5, 0.6) is 11.5 Å². The van der Waals surface area contributed by atoms with E-state index < -0.39 is 0 Å². The maximum atomic E-state index is 11.9. The summed E-state index contributed by atoms with van der Waals surface area (Å²) in [4.78, 5) is 16.1. The molecule has 22 heavy (non-hydrogen) atoms. The van der Waals surface area contributed by atoms with Crippen LogP contribution in [0.3, 0.4) is 0 Å². The van der Waals surface area contributed by atoms with Gasteiger partial charge in [0.15, 0.2) is 11.5 Å². The molecule has 0 unspecified atom stereocenters. The molecule has 0 saturated carbocycles. The van der Waals surface area contributed by atoms with Gasteiger partial charge in [0.05, 0.1) is 12.2 Å². The molecule has 0 atom stereocenters. The van der Waals surface area contributed by atoms with Crippen LogP contribution in [0.4, 0.5) is 0 Å². The van der Waals surface area contributed by atoms with E-state index in [4.69, 9.17) is 9.47 Å². The molecule has 0 bridgehead atoms. The topological polar surface area (TPSA) is 60.5 Å². The fourth-order valence-corrected chi connectivity index (χ4v) is 2.12. The summed E-state index contributed by atoms with van der Waals surface area (Å²) in [6.45, 7) is 2.63. The normalized spacial score (nSPS) is 12.6. The monoisotopic (exact) mass is 296 g/mol. The molecule has 0 saturated heterocycles. The van der Waals surface area contributed by atoms with Crippen LogP contribution in [0.2, 0.25) is 0 Å². The van der Waals surface area contributed by atoms with E-state index in [0.29, 0.717) is 12.3 Å². The molecule has 5 heteroatoms. The van der Waals surface area contributed by atoms with Crippen molar-refractivity contribution in [2.75, 3.05) is 6.79 Å². The second kappa shape index (κ2) is 6.30. The third-order valence-electron chi connectivity index (χ3n) is 3.37. The fourth-order valence-electron chi connectivity index (χ4n) is 2.12. The van der Waals surface area contributed by atoms with Crippen molar-refractivity contribution in [3.05, 3.63) is 59.4 Å². The van der Waals surface area contributed by atoms with Gasteiger partial charge in [0, 0.05) is 12.3 Å². The maximum absolute atomic E-state index is 11.9. The van der Waals surface area contributed by atoms with Gasteiger partial charge in [-0.2, -0.15) is 0 Å². The first kappa shape index (κ1) is 14.1. The van der Waals surface area contributed by atoms with Crippen LogP contribution in [0, 0.1) is 6.92 Å². The lowest BCUT2D eigenvalue weighted by atomic mass is 10.2. The molecule has 0 spiro atoms. The van der Waals surface area contributed by atoms with Gasteiger partial charge in [-0.1, -0.05) is 12.1 Å². The number of ether oxygens (including phenoxy) is 2. The smallest absolute Gasteiger partial charge is 0.244 e. The first-order chi connectivity index (χ1) is 10.7. The summed E-state index contributed by atoms with van der Waals surface area (Å²) in [6.07, 6.45) is 4.95. The number of carbonyl (C=O) groups is 1. The molecule has 1 aromatic heterocycles. The van der Waals surface area contributed by atoms with Crippen molar-refractivity contribution in [3.8, 4) is 11.5 Å². The number of hydrogen-bond donors (Lipinski definition) is 1. The van der Waals surface area contributed by atoms with Crippen molar-refractivity contribution >= 4 is 12.0 Å². The lowest BCUT2D eigenvalue weighted by Crippen LogP contribution is -2.21. The summed E-state index contributed by atoms with van der Waals surface area (Å²) in [5.74, 6) is 1.27. The number of fused-ring (bicyclic) bond motifs is 1. The molecule has 112 valence electrons. The zero-order valence-corrected chi connectivity index (χ0v) is 12.2. The SMILES string of the molecule is Cc1cccnc1CNC(=O)C=Cc1ccc2c(c1)OCO2. The fraction of sp³-hybridized carbons (Fsp3) is 0.176. The largest absolute Gasteiger partial charge is 0.454 e. The number of hydrogen-bond acceptors (Lipinski definition) is 4. The van der Waals surface area contributed by atoms with E-state index in [2.05, 4.69) is 10.3 Å². The Morgan fingerprint density at radius 1 is 1.32 bits per heavy atom. The molecule has 0 aliphatic carbocycles. The summed E-state index contributed by atoms with van der Waals surface area (Å²) < 4.78 is 10.5. The van der Waals surface area contributed by atoms with Crippen LogP contribution in [-0.2, 0) is 11.3 Å². The van der Waals surface area contributed by atoms with Gasteiger partial charge < -0.3 is 14.8 Å². The first-order valence-corrected chi connectivity index (χ1v) is 6.98. The summed E-state index contributed by atoms with van der Waals surface area (Å²) >= 11 is 0. The zero-order chi connectivity index (χ0) is 15.4. The molecule has 1 N–H and O–H groups in total. The molecule has 1 amide bonds. The maximum Gasteiger partial charge on any atom is 0.244 e. The molecule has 3 rings (SSSR count). The molecule has 2 aromatic rings. The molecule has 1 aliphatic heterocycles. The second-order valence-electron chi connectivity index (χ2n) is 4.93. The Hall–Kier alpha value is -2.82. The van der Waals surface area contributed by atoms with Gasteiger partial charge in [-0.15, -0.1) is 0 Å². The minimum absolute atomic E-state index is 0.164. The molecule has 5 nitrogen and oxygen atoms in total. The van der Waals surface area contributed by atoms with E-state index in [-0.39, 0.29) is 12.7 Å². The summed E-state index contributed by atoms with van der Waals surface area (Å²) in [6, 6.07) is 9.39. The van der Waals surface area contributed by atoms with Crippen LogP contribution in [0.25, 0.3) is 6.08 Å². The van der Waals surface area contributed by atoms with Crippen LogP contribution in [-0.4, -0.2) is 17.7 Å². The number of aromatic nitrogens is 1. The summed E-state index contributed by atoms with van der Waals surface area (Å²) in [7, 11) is 0. The van der Waals surface area contributed by atoms with E-state index in [9.17, 15) is 4.79 Å². The average Bonchev–Trinajstić information content (AvgIpc) is 2.99. The van der Waals surface area contributed by atoms with Crippen molar-refractivity contribution < 1.29 is 14.3 Å². The van der Waals surface area contributed by atoms with Gasteiger partial charge >= 0.3 is 0 Å². The molecule has 1 aliphatic rings. The van der Waals surface area contributed by atoms with Crippen LogP contribution >= 0.6 is 0 Å². The molecular weight excluding hydrogens is 280 g/mol. The molecule has 1 aromatic carbocycles. The number of amides is 1.